The third-order valence-corrected chi connectivity index (χ3v) is 0.964. The summed E-state index contributed by atoms with van der Waals surface area (Å²) < 4.78 is -0.593. The summed E-state index contributed by atoms with van der Waals surface area (Å²) in [7, 11) is 0. The van der Waals surface area contributed by atoms with Crippen LogP contribution in [0.3, 0.4) is 0 Å². The molecule has 0 aliphatic rings. The molecule has 1 aromatic rings. The molecule has 0 spiro atoms. The molecule has 0 aromatic carbocycles. The minimum atomic E-state index is -1.34. The van der Waals surface area contributed by atoms with Gasteiger partial charge in [0, 0.05) is 0 Å². The van der Waals surface area contributed by atoms with E-state index in [0.29, 0.717) is 0 Å². The number of aromatic hydroxyl groups is 2. The van der Waals surface area contributed by atoms with Crippen molar-refractivity contribution in [3.63, 3.8) is 0 Å². The first-order valence-electron chi connectivity index (χ1n) is 2.20. The van der Waals surface area contributed by atoms with E-state index in [1.807, 2.05) is 0 Å². The average molecular weight is 148 g/mol. The first-order chi connectivity index (χ1) is 4.55. The van der Waals surface area contributed by atoms with Gasteiger partial charge in [-0.1, -0.05) is 9.46 Å². The van der Waals surface area contributed by atoms with Gasteiger partial charge in [-0.05, 0) is 0 Å². The Morgan fingerprint density at radius 2 is 1.30 bits per heavy atom. The number of rotatable bonds is 0. The van der Waals surface area contributed by atoms with E-state index in [-0.39, 0.29) is 9.46 Å². The van der Waals surface area contributed by atoms with Crippen LogP contribution in [-0.4, -0.2) is 30.1 Å². The molecule has 7 heteroatoms. The maximum Gasteiger partial charge on any atom is 0.400 e. The Balaban J connectivity index is 3.60. The van der Waals surface area contributed by atoms with Gasteiger partial charge in [0.1, 0.15) is 0 Å². The van der Waals surface area contributed by atoms with Crippen molar-refractivity contribution in [1.82, 2.24) is 9.46 Å². The average Bonchev–Trinajstić information content (AvgIpc) is 2.07. The molecular formula is C3H4N2O5. The molecule has 0 saturated heterocycles. The van der Waals surface area contributed by atoms with Gasteiger partial charge in [0.25, 0.3) is 11.8 Å². The van der Waals surface area contributed by atoms with Gasteiger partial charge in [0.05, 0.1) is 0 Å². The molecule has 56 valence electrons. The molecule has 0 atom stereocenters. The van der Waals surface area contributed by atoms with Gasteiger partial charge < -0.3 is 20.6 Å². The molecule has 0 saturated carbocycles. The molecule has 1 aromatic heterocycles. The molecule has 0 unspecified atom stereocenters. The van der Waals surface area contributed by atoms with Crippen molar-refractivity contribution in [2.75, 3.05) is 0 Å². The van der Waals surface area contributed by atoms with E-state index in [2.05, 4.69) is 0 Å². The lowest BCUT2D eigenvalue weighted by molar-refractivity contribution is 0.115. The Morgan fingerprint density at radius 3 is 1.40 bits per heavy atom. The van der Waals surface area contributed by atoms with Gasteiger partial charge in [-0.3, -0.25) is 0 Å². The Hall–Kier alpha value is -1.79. The van der Waals surface area contributed by atoms with Crippen molar-refractivity contribution >= 4 is 0 Å². The molecule has 0 amide bonds. The zero-order chi connectivity index (χ0) is 7.89. The highest BCUT2D eigenvalue weighted by atomic mass is 16.6. The molecule has 4 N–H and O–H groups in total. The summed E-state index contributed by atoms with van der Waals surface area (Å²) in [5, 5.41) is 33.8. The smallest absolute Gasteiger partial charge is 0.400 e. The zero-order valence-corrected chi connectivity index (χ0v) is 4.59. The van der Waals surface area contributed by atoms with Gasteiger partial charge in [-0.15, -0.1) is 0 Å². The summed E-state index contributed by atoms with van der Waals surface area (Å²) >= 11 is 0. The van der Waals surface area contributed by atoms with Gasteiger partial charge in [-0.25, -0.2) is 4.79 Å². The fourth-order valence-corrected chi connectivity index (χ4v) is 0.460. The third kappa shape index (κ3) is 0.508. The predicted molar refractivity (Wildman–Crippen MR) is 26.4 cm³/mol. The topological polar surface area (TPSA) is 108 Å². The van der Waals surface area contributed by atoms with Crippen LogP contribution in [0, 0.1) is 0 Å². The number of hydrogen-bond donors (Lipinski definition) is 4. The van der Waals surface area contributed by atoms with Crippen LogP contribution in [0.2, 0.25) is 0 Å². The highest BCUT2D eigenvalue weighted by molar-refractivity contribution is 5.22. The lowest BCUT2D eigenvalue weighted by Gasteiger charge is -1.86. The molecule has 0 fully saturated rings. The number of hydrogen-bond acceptors (Lipinski definition) is 5. The molecule has 10 heavy (non-hydrogen) atoms. The molecule has 0 aliphatic carbocycles. The molecule has 7 nitrogen and oxygen atoms in total. The fourth-order valence-electron chi connectivity index (χ4n) is 0.460. The highest BCUT2D eigenvalue weighted by Crippen LogP contribution is 2.18. The summed E-state index contributed by atoms with van der Waals surface area (Å²) in [4.78, 5) is 10.3. The second-order valence-corrected chi connectivity index (χ2v) is 1.55. The molecule has 1 rings (SSSR count). The Labute approximate surface area is 53.5 Å². The van der Waals surface area contributed by atoms with Gasteiger partial charge in [0.15, 0.2) is 0 Å². The van der Waals surface area contributed by atoms with Crippen LogP contribution in [0.1, 0.15) is 0 Å². The largest absolute Gasteiger partial charge is 0.488 e. The number of aromatic nitrogens is 2. The predicted octanol–water partition coefficient (Wildman–Crippen LogP) is -1.46. The zero-order valence-electron chi connectivity index (χ0n) is 4.59. The maximum absolute atomic E-state index is 10.3. The van der Waals surface area contributed by atoms with Crippen molar-refractivity contribution < 1.29 is 20.6 Å². The third-order valence-electron chi connectivity index (χ3n) is 0.964. The van der Waals surface area contributed by atoms with Crippen molar-refractivity contribution in [3.8, 4) is 11.8 Å². The molecule has 0 bridgehead atoms. The van der Waals surface area contributed by atoms with Gasteiger partial charge >= 0.3 is 5.69 Å². The molecular weight excluding hydrogens is 144 g/mol. The molecule has 1 heterocycles. The van der Waals surface area contributed by atoms with E-state index >= 15 is 0 Å². The van der Waals surface area contributed by atoms with E-state index in [0.717, 1.165) is 0 Å². The van der Waals surface area contributed by atoms with Crippen LogP contribution >= 0.6 is 0 Å². The highest BCUT2D eigenvalue weighted by Gasteiger charge is 2.16. The van der Waals surface area contributed by atoms with Crippen LogP contribution in [-0.2, 0) is 0 Å². The fraction of sp³-hybridized carbons (Fsp3) is 0. The monoisotopic (exact) mass is 148 g/mol. The van der Waals surface area contributed by atoms with Crippen LogP contribution in [0.25, 0.3) is 0 Å². The van der Waals surface area contributed by atoms with Crippen LogP contribution in [0.4, 0.5) is 0 Å². The van der Waals surface area contributed by atoms with Gasteiger partial charge in [-0.2, -0.15) is 0 Å². The summed E-state index contributed by atoms with van der Waals surface area (Å²) in [5.74, 6) is -2.21. The number of imidazole rings is 1. The van der Waals surface area contributed by atoms with Crippen LogP contribution in [0.15, 0.2) is 4.79 Å². The Kier molecular flexibility index (Phi) is 1.01. The lowest BCUT2D eigenvalue weighted by Crippen LogP contribution is -2.20. The second kappa shape index (κ2) is 1.59. The minimum Gasteiger partial charge on any atom is -0.488 e. The summed E-state index contributed by atoms with van der Waals surface area (Å²) in [6, 6.07) is 0. The first-order valence-corrected chi connectivity index (χ1v) is 2.20. The van der Waals surface area contributed by atoms with Crippen LogP contribution < -0.4 is 5.69 Å². The minimum absolute atomic E-state index is 0.296. The first kappa shape index (κ1) is 6.33. The van der Waals surface area contributed by atoms with Crippen molar-refractivity contribution in [1.29, 1.82) is 0 Å². The van der Waals surface area contributed by atoms with Gasteiger partial charge in [0.2, 0.25) is 0 Å². The van der Waals surface area contributed by atoms with E-state index in [1.54, 1.807) is 0 Å². The van der Waals surface area contributed by atoms with E-state index in [1.165, 1.54) is 0 Å². The standard InChI is InChI=1S/C3H4N2O5/c6-1-2(7)5(10)3(8)4(1)9/h6-7,9-10H. The summed E-state index contributed by atoms with van der Waals surface area (Å²) in [5.41, 5.74) is -1.34. The van der Waals surface area contributed by atoms with Crippen molar-refractivity contribution in [3.05, 3.63) is 10.5 Å². The van der Waals surface area contributed by atoms with E-state index < -0.39 is 17.4 Å². The Morgan fingerprint density at radius 1 is 1.00 bits per heavy atom. The summed E-state index contributed by atoms with van der Waals surface area (Å²) in [6.45, 7) is 0. The molecule has 0 radical (unpaired) electrons. The van der Waals surface area contributed by atoms with Crippen molar-refractivity contribution in [2.45, 2.75) is 0 Å². The summed E-state index contributed by atoms with van der Waals surface area (Å²) in [6.07, 6.45) is 0. The van der Waals surface area contributed by atoms with Crippen LogP contribution in [0.5, 0.6) is 11.8 Å². The lowest BCUT2D eigenvalue weighted by atomic mass is 10.8. The van der Waals surface area contributed by atoms with E-state index in [4.69, 9.17) is 20.6 Å². The number of nitrogens with zero attached hydrogens (tertiary/aromatic N) is 2. The molecule has 0 aliphatic heterocycles. The quantitative estimate of drug-likeness (QED) is 0.336. The second-order valence-electron chi connectivity index (χ2n) is 1.55. The Bertz CT molecular complexity index is 281. The van der Waals surface area contributed by atoms with E-state index in [9.17, 15) is 4.79 Å². The SMILES string of the molecule is O=c1n(O)c(O)c(O)n1O. The maximum atomic E-state index is 10.3. The normalized spacial score (nSPS) is 10.0. The van der Waals surface area contributed by atoms with Crippen molar-refractivity contribution in [2.24, 2.45) is 0 Å².